The summed E-state index contributed by atoms with van der Waals surface area (Å²) in [6.45, 7) is 4.44. The molecule has 1 amide bonds. The first-order valence-corrected chi connectivity index (χ1v) is 8.90. The molecule has 1 N–H and O–H groups in total. The third kappa shape index (κ3) is 6.37. The number of ether oxygens (including phenoxy) is 1. The zero-order valence-electron chi connectivity index (χ0n) is 13.6. The van der Waals surface area contributed by atoms with Crippen molar-refractivity contribution in [1.82, 2.24) is 5.32 Å². The Kier molecular flexibility index (Phi) is 7.01. The van der Waals surface area contributed by atoms with Crippen molar-refractivity contribution in [2.24, 2.45) is 0 Å². The summed E-state index contributed by atoms with van der Waals surface area (Å²) in [5.74, 6) is 2.23. The number of carbonyl (C=O) groups is 1. The molecule has 0 aliphatic carbocycles. The van der Waals surface area contributed by atoms with Crippen molar-refractivity contribution in [3.63, 3.8) is 0 Å². The maximum atomic E-state index is 11.9. The van der Waals surface area contributed by atoms with E-state index in [0.717, 1.165) is 17.1 Å². The van der Waals surface area contributed by atoms with Gasteiger partial charge in [-0.3, -0.25) is 4.79 Å². The lowest BCUT2D eigenvalue weighted by atomic mass is 10.2. The first-order chi connectivity index (χ1) is 11.1. The Morgan fingerprint density at radius 1 is 1.13 bits per heavy atom. The van der Waals surface area contributed by atoms with E-state index in [1.807, 2.05) is 56.3 Å². The number of hydrogen-bond acceptors (Lipinski definition) is 3. The van der Waals surface area contributed by atoms with E-state index in [9.17, 15) is 4.79 Å². The molecule has 0 radical (unpaired) electrons. The first kappa shape index (κ1) is 17.4. The number of amides is 1. The van der Waals surface area contributed by atoms with Crippen molar-refractivity contribution in [2.45, 2.75) is 25.6 Å². The largest absolute Gasteiger partial charge is 0.491 e. The molecule has 2 aromatic rings. The van der Waals surface area contributed by atoms with Crippen LogP contribution >= 0.6 is 11.8 Å². The highest BCUT2D eigenvalue weighted by molar-refractivity contribution is 7.99. The summed E-state index contributed by atoms with van der Waals surface area (Å²) in [6, 6.07) is 18.0. The van der Waals surface area contributed by atoms with Crippen LogP contribution in [0, 0.1) is 6.92 Å². The summed E-state index contributed by atoms with van der Waals surface area (Å²) in [7, 11) is 0. The fourth-order valence-electron chi connectivity index (χ4n) is 2.13. The molecule has 1 atom stereocenters. The molecule has 0 heterocycles. The Hall–Kier alpha value is -1.94. The van der Waals surface area contributed by atoms with Crippen LogP contribution < -0.4 is 10.1 Å². The van der Waals surface area contributed by atoms with E-state index in [-0.39, 0.29) is 11.9 Å². The average Bonchev–Trinajstić information content (AvgIpc) is 2.55. The molecule has 4 heteroatoms. The number of hydrogen-bond donors (Lipinski definition) is 1. The van der Waals surface area contributed by atoms with Crippen LogP contribution in [-0.2, 0) is 10.5 Å². The van der Waals surface area contributed by atoms with Gasteiger partial charge in [-0.15, -0.1) is 11.8 Å². The Morgan fingerprint density at radius 3 is 2.57 bits per heavy atom. The van der Waals surface area contributed by atoms with Crippen molar-refractivity contribution < 1.29 is 9.53 Å². The Balaban J connectivity index is 1.65. The lowest BCUT2D eigenvalue weighted by Crippen LogP contribution is -2.37. The molecule has 0 aliphatic heterocycles. The Morgan fingerprint density at radius 2 is 1.83 bits per heavy atom. The molecule has 0 fully saturated rings. The maximum Gasteiger partial charge on any atom is 0.230 e. The fraction of sp³-hybridized carbons (Fsp3) is 0.316. The normalized spacial score (nSPS) is 11.7. The second-order valence-electron chi connectivity index (χ2n) is 5.52. The van der Waals surface area contributed by atoms with E-state index in [1.54, 1.807) is 11.8 Å². The van der Waals surface area contributed by atoms with E-state index in [2.05, 4.69) is 17.4 Å². The second kappa shape index (κ2) is 9.26. The van der Waals surface area contributed by atoms with Gasteiger partial charge in [0.15, 0.2) is 0 Å². The predicted octanol–water partition coefficient (Wildman–Crippen LogP) is 3.81. The summed E-state index contributed by atoms with van der Waals surface area (Å²) in [5.41, 5.74) is 2.34. The molecular weight excluding hydrogens is 306 g/mol. The molecule has 2 aromatic carbocycles. The van der Waals surface area contributed by atoms with Gasteiger partial charge in [0.2, 0.25) is 5.91 Å². The molecule has 0 spiro atoms. The lowest BCUT2D eigenvalue weighted by Gasteiger charge is -2.16. The van der Waals surface area contributed by atoms with Crippen molar-refractivity contribution in [3.8, 4) is 5.75 Å². The fourth-order valence-corrected chi connectivity index (χ4v) is 2.93. The van der Waals surface area contributed by atoms with Crippen LogP contribution in [0.4, 0.5) is 0 Å². The maximum absolute atomic E-state index is 11.9. The molecule has 3 nitrogen and oxygen atoms in total. The van der Waals surface area contributed by atoms with Crippen molar-refractivity contribution in [2.75, 3.05) is 12.4 Å². The number of para-hydroxylation sites is 1. The van der Waals surface area contributed by atoms with Crippen molar-refractivity contribution in [3.05, 3.63) is 65.7 Å². The summed E-state index contributed by atoms with van der Waals surface area (Å²) in [6.07, 6.45) is 0. The smallest absolute Gasteiger partial charge is 0.230 e. The van der Waals surface area contributed by atoms with Crippen LogP contribution in [0.15, 0.2) is 54.6 Å². The van der Waals surface area contributed by atoms with Crippen LogP contribution in [0.1, 0.15) is 18.1 Å². The van der Waals surface area contributed by atoms with Gasteiger partial charge in [0, 0.05) is 5.75 Å². The van der Waals surface area contributed by atoms with E-state index in [1.165, 1.54) is 5.56 Å². The molecule has 23 heavy (non-hydrogen) atoms. The number of thioether (sulfide) groups is 1. The summed E-state index contributed by atoms with van der Waals surface area (Å²) in [4.78, 5) is 11.9. The third-order valence-electron chi connectivity index (χ3n) is 3.33. The highest BCUT2D eigenvalue weighted by atomic mass is 32.2. The predicted molar refractivity (Wildman–Crippen MR) is 96.9 cm³/mol. The molecule has 0 saturated heterocycles. The highest BCUT2D eigenvalue weighted by Crippen LogP contribution is 2.16. The zero-order chi connectivity index (χ0) is 16.5. The number of rotatable bonds is 8. The lowest BCUT2D eigenvalue weighted by molar-refractivity contribution is -0.119. The van der Waals surface area contributed by atoms with E-state index in [4.69, 9.17) is 4.74 Å². The van der Waals surface area contributed by atoms with Gasteiger partial charge >= 0.3 is 0 Å². The summed E-state index contributed by atoms with van der Waals surface area (Å²) in [5, 5.41) is 2.97. The quantitative estimate of drug-likeness (QED) is 0.800. The minimum absolute atomic E-state index is 0.0144. The summed E-state index contributed by atoms with van der Waals surface area (Å²) < 4.78 is 5.75. The van der Waals surface area contributed by atoms with Crippen LogP contribution in [0.2, 0.25) is 0 Å². The molecule has 1 unspecified atom stereocenters. The van der Waals surface area contributed by atoms with Crippen molar-refractivity contribution >= 4 is 17.7 Å². The monoisotopic (exact) mass is 329 g/mol. The number of aryl methyl sites for hydroxylation is 1. The van der Waals surface area contributed by atoms with Gasteiger partial charge < -0.3 is 10.1 Å². The topological polar surface area (TPSA) is 38.3 Å². The Bertz CT molecular complexity index is 616. The van der Waals surface area contributed by atoms with Crippen LogP contribution in [0.3, 0.4) is 0 Å². The van der Waals surface area contributed by atoms with E-state index >= 15 is 0 Å². The zero-order valence-corrected chi connectivity index (χ0v) is 14.4. The van der Waals surface area contributed by atoms with Gasteiger partial charge in [-0.2, -0.15) is 0 Å². The first-order valence-electron chi connectivity index (χ1n) is 7.74. The van der Waals surface area contributed by atoms with Crippen molar-refractivity contribution in [1.29, 1.82) is 0 Å². The average molecular weight is 329 g/mol. The number of nitrogens with one attached hydrogen (secondary N) is 1. The van der Waals surface area contributed by atoms with Crippen LogP contribution in [0.25, 0.3) is 0 Å². The molecule has 0 bridgehead atoms. The highest BCUT2D eigenvalue weighted by Gasteiger charge is 2.09. The van der Waals surface area contributed by atoms with Gasteiger partial charge in [0.25, 0.3) is 0 Å². The van der Waals surface area contributed by atoms with Gasteiger partial charge in [-0.05, 0) is 31.0 Å². The van der Waals surface area contributed by atoms with E-state index in [0.29, 0.717) is 12.4 Å². The number of carbonyl (C=O) groups excluding carboxylic acids is 1. The molecular formula is C19H23NO2S. The standard InChI is InChI=1S/C19H23NO2S/c1-15-8-6-7-11-18(15)22-12-16(2)20-19(21)14-23-13-17-9-4-3-5-10-17/h3-11,16H,12-14H2,1-2H3,(H,20,21). The molecule has 0 aromatic heterocycles. The Labute approximate surface area is 142 Å². The molecule has 122 valence electrons. The van der Waals surface area contributed by atoms with Gasteiger partial charge in [-0.1, -0.05) is 48.5 Å². The molecule has 0 saturated carbocycles. The molecule has 2 rings (SSSR count). The number of benzene rings is 2. The minimum Gasteiger partial charge on any atom is -0.491 e. The summed E-state index contributed by atoms with van der Waals surface area (Å²) >= 11 is 1.62. The van der Waals surface area contributed by atoms with E-state index < -0.39 is 0 Å². The minimum atomic E-state index is -0.0144. The third-order valence-corrected chi connectivity index (χ3v) is 4.34. The van der Waals surface area contributed by atoms with Crippen LogP contribution in [-0.4, -0.2) is 24.3 Å². The van der Waals surface area contributed by atoms with Gasteiger partial charge in [-0.25, -0.2) is 0 Å². The molecule has 0 aliphatic rings. The van der Waals surface area contributed by atoms with Gasteiger partial charge in [0.1, 0.15) is 12.4 Å². The SMILES string of the molecule is Cc1ccccc1OCC(C)NC(=O)CSCc1ccccc1. The second-order valence-corrected chi connectivity index (χ2v) is 6.51. The van der Waals surface area contributed by atoms with Gasteiger partial charge in [0.05, 0.1) is 11.8 Å². The van der Waals surface area contributed by atoms with Crippen LogP contribution in [0.5, 0.6) is 5.75 Å².